The largest absolute Gasteiger partial charge is 0.339 e. The number of hydrogen-bond donors (Lipinski definition) is 0. The highest BCUT2D eigenvalue weighted by Gasteiger charge is 2.09. The molecule has 0 saturated heterocycles. The maximum Gasteiger partial charge on any atom is 0.245 e. The van der Waals surface area contributed by atoms with Crippen LogP contribution in [0.3, 0.4) is 0 Å². The molecule has 6 nitrogen and oxygen atoms in total. The summed E-state index contributed by atoms with van der Waals surface area (Å²) in [5, 5.41) is 4.99. The molecular weight excluding hydrogens is 210 g/mol. The zero-order valence-corrected chi connectivity index (χ0v) is 9.89. The van der Waals surface area contributed by atoms with Gasteiger partial charge in [-0.15, -0.1) is 0 Å². The third kappa shape index (κ3) is 3.62. The first-order chi connectivity index (χ1) is 7.67. The van der Waals surface area contributed by atoms with Crippen LogP contribution in [-0.2, 0) is 22.5 Å². The second-order valence-electron chi connectivity index (χ2n) is 3.39. The van der Waals surface area contributed by atoms with Crippen LogP contribution in [0.2, 0.25) is 0 Å². The molecule has 1 aromatic heterocycles. The van der Waals surface area contributed by atoms with Gasteiger partial charge < -0.3 is 4.52 Å². The topological polar surface area (TPSA) is 68.5 Å². The van der Waals surface area contributed by atoms with Crippen LogP contribution in [-0.4, -0.2) is 35.3 Å². The van der Waals surface area contributed by atoms with Crippen molar-refractivity contribution in [1.29, 1.82) is 0 Å². The van der Waals surface area contributed by atoms with Crippen molar-refractivity contribution >= 4 is 5.91 Å². The molecule has 0 aliphatic carbocycles. The van der Waals surface area contributed by atoms with Crippen molar-refractivity contribution in [3.63, 3.8) is 0 Å². The van der Waals surface area contributed by atoms with Crippen molar-refractivity contribution in [2.75, 3.05) is 14.2 Å². The average molecular weight is 227 g/mol. The molecule has 1 aromatic rings. The number of carbonyl (C=O) groups excluding carboxylic acids is 1. The Morgan fingerprint density at radius 3 is 2.88 bits per heavy atom. The number of hydrogen-bond acceptors (Lipinski definition) is 5. The third-order valence-corrected chi connectivity index (χ3v) is 2.23. The van der Waals surface area contributed by atoms with Crippen molar-refractivity contribution in [2.24, 2.45) is 0 Å². The minimum Gasteiger partial charge on any atom is -0.339 e. The summed E-state index contributed by atoms with van der Waals surface area (Å²) >= 11 is 0. The lowest BCUT2D eigenvalue weighted by atomic mass is 10.2. The molecule has 0 saturated carbocycles. The molecule has 0 bridgehead atoms. The Hall–Kier alpha value is -1.43. The molecule has 0 fully saturated rings. The van der Waals surface area contributed by atoms with E-state index < -0.39 is 0 Å². The van der Waals surface area contributed by atoms with Gasteiger partial charge in [0.15, 0.2) is 5.82 Å². The Morgan fingerprint density at radius 2 is 2.31 bits per heavy atom. The molecule has 0 atom stereocenters. The van der Waals surface area contributed by atoms with E-state index in [1.165, 1.54) is 12.2 Å². The van der Waals surface area contributed by atoms with Crippen molar-refractivity contribution < 1.29 is 14.2 Å². The highest BCUT2D eigenvalue weighted by atomic mass is 16.7. The highest BCUT2D eigenvalue weighted by Crippen LogP contribution is 2.04. The minimum absolute atomic E-state index is 0.0577. The van der Waals surface area contributed by atoms with E-state index in [0.717, 1.165) is 6.42 Å². The minimum atomic E-state index is -0.0577. The van der Waals surface area contributed by atoms with Crippen LogP contribution in [0, 0.1) is 0 Å². The predicted molar refractivity (Wildman–Crippen MR) is 56.4 cm³/mol. The lowest BCUT2D eigenvalue weighted by Crippen LogP contribution is -2.25. The van der Waals surface area contributed by atoms with Crippen LogP contribution in [0.4, 0.5) is 0 Å². The smallest absolute Gasteiger partial charge is 0.245 e. The van der Waals surface area contributed by atoms with Gasteiger partial charge in [0.1, 0.15) is 0 Å². The molecule has 16 heavy (non-hydrogen) atoms. The summed E-state index contributed by atoms with van der Waals surface area (Å²) in [6, 6.07) is 0. The Morgan fingerprint density at radius 1 is 1.56 bits per heavy atom. The number of hydroxylamine groups is 2. The maximum absolute atomic E-state index is 11.4. The summed E-state index contributed by atoms with van der Waals surface area (Å²) in [6.45, 7) is 1.96. The fourth-order valence-corrected chi connectivity index (χ4v) is 1.19. The van der Waals surface area contributed by atoms with Crippen LogP contribution in [0.25, 0.3) is 0 Å². The number of aryl methyl sites for hydroxylation is 2. The van der Waals surface area contributed by atoms with E-state index in [1.807, 2.05) is 6.92 Å². The van der Waals surface area contributed by atoms with Crippen molar-refractivity contribution in [3.8, 4) is 0 Å². The van der Waals surface area contributed by atoms with Gasteiger partial charge >= 0.3 is 0 Å². The van der Waals surface area contributed by atoms with Crippen LogP contribution >= 0.6 is 0 Å². The van der Waals surface area contributed by atoms with Crippen LogP contribution in [0.15, 0.2) is 4.52 Å². The standard InChI is InChI=1S/C10H17N3O3/c1-4-8-11-9(16-12-8)6-5-7-10(14)13(2)15-3/h4-7H2,1-3H3. The zero-order valence-electron chi connectivity index (χ0n) is 9.89. The van der Waals surface area contributed by atoms with Gasteiger partial charge in [-0.1, -0.05) is 12.1 Å². The lowest BCUT2D eigenvalue weighted by Gasteiger charge is -2.12. The summed E-state index contributed by atoms with van der Waals surface area (Å²) in [5.74, 6) is 1.23. The van der Waals surface area contributed by atoms with Crippen molar-refractivity contribution in [1.82, 2.24) is 15.2 Å². The number of amides is 1. The fraction of sp³-hybridized carbons (Fsp3) is 0.700. The number of rotatable bonds is 6. The van der Waals surface area contributed by atoms with Gasteiger partial charge in [0.25, 0.3) is 0 Å². The van der Waals surface area contributed by atoms with E-state index in [-0.39, 0.29) is 5.91 Å². The fourth-order valence-electron chi connectivity index (χ4n) is 1.19. The van der Waals surface area contributed by atoms with Crippen molar-refractivity contribution in [3.05, 3.63) is 11.7 Å². The van der Waals surface area contributed by atoms with E-state index in [9.17, 15) is 4.79 Å². The Labute approximate surface area is 94.5 Å². The van der Waals surface area contributed by atoms with E-state index in [2.05, 4.69) is 10.1 Å². The van der Waals surface area contributed by atoms with Gasteiger partial charge in [-0.25, -0.2) is 5.06 Å². The lowest BCUT2D eigenvalue weighted by molar-refractivity contribution is -0.168. The number of nitrogens with zero attached hydrogens (tertiary/aromatic N) is 3. The van der Waals surface area contributed by atoms with E-state index >= 15 is 0 Å². The molecule has 90 valence electrons. The van der Waals surface area contributed by atoms with Gasteiger partial charge in [0.05, 0.1) is 7.11 Å². The molecule has 0 spiro atoms. The van der Waals surface area contributed by atoms with Crippen LogP contribution < -0.4 is 0 Å². The first kappa shape index (κ1) is 12.6. The summed E-state index contributed by atoms with van der Waals surface area (Å²) in [7, 11) is 3.05. The molecule has 1 amide bonds. The van der Waals surface area contributed by atoms with Gasteiger partial charge in [-0.3, -0.25) is 9.63 Å². The molecule has 1 rings (SSSR count). The first-order valence-corrected chi connectivity index (χ1v) is 5.29. The van der Waals surface area contributed by atoms with Crippen LogP contribution in [0.5, 0.6) is 0 Å². The van der Waals surface area contributed by atoms with Gasteiger partial charge in [-0.05, 0) is 6.42 Å². The van der Waals surface area contributed by atoms with E-state index in [4.69, 9.17) is 9.36 Å². The molecule has 1 heterocycles. The molecule has 0 aromatic carbocycles. The molecule has 0 N–H and O–H groups in total. The monoisotopic (exact) mass is 227 g/mol. The molecular formula is C10H17N3O3. The quantitative estimate of drug-likeness (QED) is 0.677. The third-order valence-electron chi connectivity index (χ3n) is 2.23. The Kier molecular flexibility index (Phi) is 4.91. The summed E-state index contributed by atoms with van der Waals surface area (Å²) in [5.41, 5.74) is 0. The second kappa shape index (κ2) is 6.22. The molecule has 0 aliphatic heterocycles. The Balaban J connectivity index is 2.27. The van der Waals surface area contributed by atoms with Gasteiger partial charge in [0, 0.05) is 26.3 Å². The van der Waals surface area contributed by atoms with E-state index in [1.54, 1.807) is 7.05 Å². The molecule has 0 radical (unpaired) electrons. The van der Waals surface area contributed by atoms with Gasteiger partial charge in [-0.2, -0.15) is 4.98 Å². The second-order valence-corrected chi connectivity index (χ2v) is 3.39. The normalized spacial score (nSPS) is 10.4. The summed E-state index contributed by atoms with van der Waals surface area (Å²) in [4.78, 5) is 20.3. The summed E-state index contributed by atoms with van der Waals surface area (Å²) in [6.07, 6.45) is 2.47. The van der Waals surface area contributed by atoms with E-state index in [0.29, 0.717) is 31.0 Å². The SMILES string of the molecule is CCc1noc(CCCC(=O)N(C)OC)n1. The van der Waals surface area contributed by atoms with Crippen molar-refractivity contribution in [2.45, 2.75) is 32.6 Å². The highest BCUT2D eigenvalue weighted by molar-refractivity contribution is 5.74. The summed E-state index contributed by atoms with van der Waals surface area (Å²) < 4.78 is 5.01. The first-order valence-electron chi connectivity index (χ1n) is 5.29. The molecule has 6 heteroatoms. The van der Waals surface area contributed by atoms with Crippen LogP contribution in [0.1, 0.15) is 31.5 Å². The average Bonchev–Trinajstić information content (AvgIpc) is 2.75. The molecule has 0 aliphatic rings. The molecule has 0 unspecified atom stereocenters. The maximum atomic E-state index is 11.4. The number of carbonyl (C=O) groups is 1. The Bertz CT molecular complexity index is 338. The predicted octanol–water partition coefficient (Wildman–Crippen LogP) is 0.974. The zero-order chi connectivity index (χ0) is 12.0. The number of aromatic nitrogens is 2. The van der Waals surface area contributed by atoms with Gasteiger partial charge in [0.2, 0.25) is 11.8 Å².